The van der Waals surface area contributed by atoms with Gasteiger partial charge in [0.15, 0.2) is 5.92 Å². The maximum Gasteiger partial charge on any atom is 0.335 e. The highest BCUT2D eigenvalue weighted by Crippen LogP contribution is 2.22. The molecule has 1 aliphatic rings. The van der Waals surface area contributed by atoms with Crippen molar-refractivity contribution in [3.05, 3.63) is 54.3 Å². The Hall–Kier alpha value is -3.42. The van der Waals surface area contributed by atoms with Crippen LogP contribution < -0.4 is 10.6 Å². The Morgan fingerprint density at radius 2 is 1.96 bits per heavy atom. The highest BCUT2D eigenvalue weighted by molar-refractivity contribution is 6.18. The van der Waals surface area contributed by atoms with Gasteiger partial charge in [0.1, 0.15) is 0 Å². The lowest BCUT2D eigenvalue weighted by Crippen LogP contribution is -2.58. The van der Waals surface area contributed by atoms with E-state index in [1.165, 1.54) is 30.3 Å². The van der Waals surface area contributed by atoms with Crippen molar-refractivity contribution in [2.75, 3.05) is 11.9 Å². The number of urea groups is 1. The largest absolute Gasteiger partial charge is 0.478 e. The van der Waals surface area contributed by atoms with E-state index in [4.69, 9.17) is 5.11 Å². The third-order valence-electron chi connectivity index (χ3n) is 3.60. The van der Waals surface area contributed by atoms with Gasteiger partial charge in [-0.25, -0.2) is 9.59 Å². The summed E-state index contributed by atoms with van der Waals surface area (Å²) in [6.45, 7) is 5.11. The van der Waals surface area contributed by atoms with Gasteiger partial charge < -0.3 is 10.4 Å². The lowest BCUT2D eigenvalue weighted by molar-refractivity contribution is -0.140. The number of aromatic carboxylic acids is 1. The number of rotatable bonds is 6. The number of carboxylic acid groups (broad SMARTS) is 1. The van der Waals surface area contributed by atoms with E-state index in [2.05, 4.69) is 17.2 Å². The number of carboxylic acids is 1. The SMILES string of the molecule is C=CCN1C(=O)NC(=O)[C@@H](/C(=C\C)Nc2ccc(C(=O)O)cc2)C1=O. The van der Waals surface area contributed by atoms with Gasteiger partial charge in [-0.2, -0.15) is 0 Å². The molecule has 25 heavy (non-hydrogen) atoms. The summed E-state index contributed by atoms with van der Waals surface area (Å²) in [5, 5.41) is 14.0. The molecule has 1 atom stereocenters. The molecule has 8 nitrogen and oxygen atoms in total. The molecule has 0 aliphatic carbocycles. The summed E-state index contributed by atoms with van der Waals surface area (Å²) in [5.41, 5.74) is 0.903. The fraction of sp³-hybridized carbons (Fsp3) is 0.176. The Morgan fingerprint density at radius 3 is 2.48 bits per heavy atom. The van der Waals surface area contributed by atoms with Crippen molar-refractivity contribution in [1.82, 2.24) is 10.2 Å². The Labute approximate surface area is 143 Å². The third kappa shape index (κ3) is 3.74. The van der Waals surface area contributed by atoms with Crippen LogP contribution in [-0.2, 0) is 9.59 Å². The molecule has 0 spiro atoms. The van der Waals surface area contributed by atoms with Crippen LogP contribution in [0.25, 0.3) is 0 Å². The number of imide groups is 2. The van der Waals surface area contributed by atoms with E-state index in [-0.39, 0.29) is 17.8 Å². The molecule has 1 aromatic rings. The van der Waals surface area contributed by atoms with Gasteiger partial charge in [-0.05, 0) is 31.2 Å². The predicted octanol–water partition coefficient (Wildman–Crippen LogP) is 1.58. The van der Waals surface area contributed by atoms with Gasteiger partial charge in [0.05, 0.1) is 5.56 Å². The van der Waals surface area contributed by atoms with Crippen molar-refractivity contribution in [3.8, 4) is 0 Å². The van der Waals surface area contributed by atoms with Crippen LogP contribution in [0.5, 0.6) is 0 Å². The molecule has 1 aliphatic heterocycles. The van der Waals surface area contributed by atoms with E-state index >= 15 is 0 Å². The summed E-state index contributed by atoms with van der Waals surface area (Å²) >= 11 is 0. The number of anilines is 1. The minimum Gasteiger partial charge on any atom is -0.478 e. The van der Waals surface area contributed by atoms with E-state index in [1.54, 1.807) is 13.0 Å². The molecule has 0 unspecified atom stereocenters. The van der Waals surface area contributed by atoms with Gasteiger partial charge in [0.25, 0.3) is 0 Å². The maximum absolute atomic E-state index is 12.5. The van der Waals surface area contributed by atoms with E-state index in [1.807, 2.05) is 0 Å². The number of amides is 4. The van der Waals surface area contributed by atoms with Crippen molar-refractivity contribution in [2.24, 2.45) is 5.92 Å². The van der Waals surface area contributed by atoms with Crippen LogP contribution in [0.3, 0.4) is 0 Å². The Bertz CT molecular complexity index is 767. The lowest BCUT2D eigenvalue weighted by Gasteiger charge is -2.31. The molecule has 4 amide bonds. The summed E-state index contributed by atoms with van der Waals surface area (Å²) in [5.74, 6) is -3.64. The van der Waals surface area contributed by atoms with Gasteiger partial charge in [0, 0.05) is 17.9 Å². The van der Waals surface area contributed by atoms with Crippen LogP contribution in [0.4, 0.5) is 10.5 Å². The van der Waals surface area contributed by atoms with Crippen LogP contribution >= 0.6 is 0 Å². The fourth-order valence-corrected chi connectivity index (χ4v) is 2.36. The monoisotopic (exact) mass is 343 g/mol. The van der Waals surface area contributed by atoms with E-state index in [9.17, 15) is 19.2 Å². The topological polar surface area (TPSA) is 116 Å². The summed E-state index contributed by atoms with van der Waals surface area (Å²) in [6.07, 6.45) is 2.94. The van der Waals surface area contributed by atoms with Crippen LogP contribution in [0.1, 0.15) is 17.3 Å². The molecule has 130 valence electrons. The van der Waals surface area contributed by atoms with Crippen LogP contribution in [0.15, 0.2) is 48.7 Å². The average Bonchev–Trinajstić information content (AvgIpc) is 2.57. The van der Waals surface area contributed by atoms with E-state index < -0.39 is 29.7 Å². The first-order chi connectivity index (χ1) is 11.9. The zero-order chi connectivity index (χ0) is 18.6. The molecule has 2 rings (SSSR count). The number of carbonyl (C=O) groups is 4. The molecule has 1 heterocycles. The van der Waals surface area contributed by atoms with Gasteiger partial charge in [-0.15, -0.1) is 6.58 Å². The summed E-state index contributed by atoms with van der Waals surface area (Å²) in [4.78, 5) is 48.2. The quantitative estimate of drug-likeness (QED) is 0.533. The second-order valence-corrected chi connectivity index (χ2v) is 5.22. The Balaban J connectivity index is 2.25. The Kier molecular flexibility index (Phi) is 5.33. The molecule has 8 heteroatoms. The molecular weight excluding hydrogens is 326 g/mol. The minimum atomic E-state index is -1.21. The zero-order valence-electron chi connectivity index (χ0n) is 13.5. The van der Waals surface area contributed by atoms with E-state index in [0.29, 0.717) is 5.69 Å². The first-order valence-corrected chi connectivity index (χ1v) is 7.42. The second kappa shape index (κ2) is 7.43. The summed E-state index contributed by atoms with van der Waals surface area (Å²) in [6, 6.07) is 5.05. The van der Waals surface area contributed by atoms with E-state index in [0.717, 1.165) is 4.90 Å². The van der Waals surface area contributed by atoms with Crippen LogP contribution in [0, 0.1) is 5.92 Å². The lowest BCUT2D eigenvalue weighted by atomic mass is 9.99. The highest BCUT2D eigenvalue weighted by atomic mass is 16.4. The molecule has 1 saturated heterocycles. The molecule has 0 aromatic heterocycles. The molecule has 1 aromatic carbocycles. The molecule has 0 radical (unpaired) electrons. The number of carbonyl (C=O) groups excluding carboxylic acids is 3. The highest BCUT2D eigenvalue weighted by Gasteiger charge is 2.42. The Morgan fingerprint density at radius 1 is 1.32 bits per heavy atom. The van der Waals surface area contributed by atoms with Crippen molar-refractivity contribution in [2.45, 2.75) is 6.92 Å². The van der Waals surface area contributed by atoms with Crippen molar-refractivity contribution in [1.29, 1.82) is 0 Å². The fourth-order valence-electron chi connectivity index (χ4n) is 2.36. The van der Waals surface area contributed by atoms with Crippen LogP contribution in [-0.4, -0.2) is 40.4 Å². The molecule has 0 saturated carbocycles. The van der Waals surface area contributed by atoms with Gasteiger partial charge in [-0.3, -0.25) is 19.8 Å². The number of hydrogen-bond acceptors (Lipinski definition) is 5. The van der Waals surface area contributed by atoms with Crippen LogP contribution in [0.2, 0.25) is 0 Å². The number of nitrogens with one attached hydrogen (secondary N) is 2. The number of nitrogens with zero attached hydrogens (tertiary/aromatic N) is 1. The first kappa shape index (κ1) is 17.9. The number of hydrogen-bond donors (Lipinski definition) is 3. The van der Waals surface area contributed by atoms with Gasteiger partial charge in [0.2, 0.25) is 11.8 Å². The standard InChI is InChI=1S/C17H17N3O5/c1-3-9-20-15(22)13(14(21)19-17(20)25)12(4-2)18-11-7-5-10(6-8-11)16(23)24/h3-8,13,18H,1,9H2,2H3,(H,23,24)(H,19,21,25)/b12-4+/t13-/m1/s1. The smallest absolute Gasteiger partial charge is 0.335 e. The number of barbiturate groups is 1. The number of allylic oxidation sites excluding steroid dienone is 1. The predicted molar refractivity (Wildman–Crippen MR) is 89.7 cm³/mol. The summed E-state index contributed by atoms with van der Waals surface area (Å²) < 4.78 is 0. The summed E-state index contributed by atoms with van der Waals surface area (Å²) in [7, 11) is 0. The average molecular weight is 343 g/mol. The second-order valence-electron chi connectivity index (χ2n) is 5.22. The van der Waals surface area contributed by atoms with Crippen molar-refractivity contribution >= 4 is 29.5 Å². The normalized spacial score (nSPS) is 18.0. The van der Waals surface area contributed by atoms with Gasteiger partial charge >= 0.3 is 12.0 Å². The molecular formula is C17H17N3O5. The molecule has 1 fully saturated rings. The first-order valence-electron chi connectivity index (χ1n) is 7.42. The third-order valence-corrected chi connectivity index (χ3v) is 3.60. The van der Waals surface area contributed by atoms with Crippen molar-refractivity contribution < 1.29 is 24.3 Å². The van der Waals surface area contributed by atoms with Crippen molar-refractivity contribution in [3.63, 3.8) is 0 Å². The zero-order valence-corrected chi connectivity index (χ0v) is 13.5. The molecule has 0 bridgehead atoms. The molecule has 3 N–H and O–H groups in total. The maximum atomic E-state index is 12.5. The van der Waals surface area contributed by atoms with Gasteiger partial charge in [-0.1, -0.05) is 12.2 Å². The number of benzene rings is 1. The minimum absolute atomic E-state index is 0.0151.